The average Bonchev–Trinajstić information content (AvgIpc) is 2.68. The lowest BCUT2D eigenvalue weighted by molar-refractivity contribution is 0.375. The van der Waals surface area contributed by atoms with Crippen LogP contribution < -0.4 is 5.32 Å². The summed E-state index contributed by atoms with van der Waals surface area (Å²) in [6.07, 6.45) is 8.25. The predicted octanol–water partition coefficient (Wildman–Crippen LogP) is 4.97. The fourth-order valence-corrected chi connectivity index (χ4v) is 3.53. The minimum atomic E-state index is 0.765. The van der Waals surface area contributed by atoms with Crippen LogP contribution in [0.2, 0.25) is 0 Å². The van der Waals surface area contributed by atoms with Crippen molar-refractivity contribution in [1.29, 1.82) is 0 Å². The number of nitrogens with one attached hydrogen (secondary N) is 1. The van der Waals surface area contributed by atoms with Gasteiger partial charge in [0, 0.05) is 0 Å². The summed E-state index contributed by atoms with van der Waals surface area (Å²) in [4.78, 5) is 0. The van der Waals surface area contributed by atoms with E-state index in [0.717, 1.165) is 18.4 Å². The third-order valence-corrected chi connectivity index (χ3v) is 4.95. The molecule has 0 saturated heterocycles. The van der Waals surface area contributed by atoms with Crippen LogP contribution in [-0.4, -0.2) is 13.1 Å². The lowest BCUT2D eigenvalue weighted by atomic mass is 9.81. The third kappa shape index (κ3) is 4.09. The summed E-state index contributed by atoms with van der Waals surface area (Å²) in [6.45, 7) is 9.08. The van der Waals surface area contributed by atoms with Crippen molar-refractivity contribution in [3.05, 3.63) is 34.9 Å². The molecule has 1 aliphatic rings. The van der Waals surface area contributed by atoms with E-state index in [1.54, 1.807) is 5.56 Å². The summed E-state index contributed by atoms with van der Waals surface area (Å²) in [5, 5.41) is 3.66. The van der Waals surface area contributed by atoms with Crippen LogP contribution in [0.4, 0.5) is 0 Å². The topological polar surface area (TPSA) is 12.0 Å². The molecule has 1 N–H and O–H groups in total. The summed E-state index contributed by atoms with van der Waals surface area (Å²) < 4.78 is 0. The summed E-state index contributed by atoms with van der Waals surface area (Å²) in [5.41, 5.74) is 4.45. The summed E-state index contributed by atoms with van der Waals surface area (Å²) in [7, 11) is 0. The standard InChI is InChI=1S/C19H31N/c1-4-12-20-14-18-8-6-5-7-9-19(18)17-11-10-15(2)16(3)13-17/h10-11,13,18-20H,4-9,12,14H2,1-3H3. The summed E-state index contributed by atoms with van der Waals surface area (Å²) >= 11 is 0. The van der Waals surface area contributed by atoms with E-state index in [2.05, 4.69) is 44.3 Å². The molecule has 0 amide bonds. The minimum absolute atomic E-state index is 0.765. The molecule has 2 unspecified atom stereocenters. The molecular weight excluding hydrogens is 242 g/mol. The fourth-order valence-electron chi connectivity index (χ4n) is 3.53. The molecule has 2 rings (SSSR count). The van der Waals surface area contributed by atoms with E-state index in [9.17, 15) is 0 Å². The number of benzene rings is 1. The van der Waals surface area contributed by atoms with Gasteiger partial charge in [0.1, 0.15) is 0 Å². The van der Waals surface area contributed by atoms with E-state index in [4.69, 9.17) is 0 Å². The van der Waals surface area contributed by atoms with Gasteiger partial charge >= 0.3 is 0 Å². The van der Waals surface area contributed by atoms with Crippen molar-refractivity contribution < 1.29 is 0 Å². The van der Waals surface area contributed by atoms with Crippen LogP contribution in [0.3, 0.4) is 0 Å². The van der Waals surface area contributed by atoms with Gasteiger partial charge < -0.3 is 5.32 Å². The van der Waals surface area contributed by atoms with E-state index < -0.39 is 0 Å². The van der Waals surface area contributed by atoms with Gasteiger partial charge in [-0.25, -0.2) is 0 Å². The molecule has 0 heterocycles. The molecule has 1 heteroatoms. The lowest BCUT2D eigenvalue weighted by Crippen LogP contribution is -2.27. The Morgan fingerprint density at radius 1 is 1.05 bits per heavy atom. The van der Waals surface area contributed by atoms with Crippen LogP contribution in [0.1, 0.15) is 68.1 Å². The average molecular weight is 273 g/mol. The first-order valence-corrected chi connectivity index (χ1v) is 8.50. The molecule has 1 aromatic rings. The Morgan fingerprint density at radius 2 is 1.85 bits per heavy atom. The molecule has 1 fully saturated rings. The molecule has 0 bridgehead atoms. The molecule has 0 aliphatic heterocycles. The van der Waals surface area contributed by atoms with Gasteiger partial charge in [0.25, 0.3) is 0 Å². The Kier molecular flexibility index (Phi) is 6.09. The van der Waals surface area contributed by atoms with Gasteiger partial charge in [0.15, 0.2) is 0 Å². The highest BCUT2D eigenvalue weighted by molar-refractivity contribution is 5.32. The highest BCUT2D eigenvalue weighted by Crippen LogP contribution is 2.36. The summed E-state index contributed by atoms with van der Waals surface area (Å²) in [6, 6.07) is 7.13. The van der Waals surface area contributed by atoms with Gasteiger partial charge in [-0.1, -0.05) is 44.4 Å². The number of hydrogen-bond donors (Lipinski definition) is 1. The monoisotopic (exact) mass is 273 g/mol. The maximum atomic E-state index is 3.66. The first-order chi connectivity index (χ1) is 9.72. The molecule has 0 radical (unpaired) electrons. The Balaban J connectivity index is 2.12. The first kappa shape index (κ1) is 15.6. The molecule has 1 nitrogen and oxygen atoms in total. The molecule has 2 atom stereocenters. The second-order valence-electron chi connectivity index (χ2n) is 6.55. The van der Waals surface area contributed by atoms with Crippen LogP contribution >= 0.6 is 0 Å². The van der Waals surface area contributed by atoms with Gasteiger partial charge in [0.2, 0.25) is 0 Å². The van der Waals surface area contributed by atoms with Crippen molar-refractivity contribution in [3.63, 3.8) is 0 Å². The maximum absolute atomic E-state index is 3.66. The molecular formula is C19H31N. The quantitative estimate of drug-likeness (QED) is 0.590. The van der Waals surface area contributed by atoms with Crippen molar-refractivity contribution in [1.82, 2.24) is 5.32 Å². The van der Waals surface area contributed by atoms with Crippen molar-refractivity contribution in [2.45, 2.75) is 65.2 Å². The fraction of sp³-hybridized carbons (Fsp3) is 0.684. The number of aryl methyl sites for hydroxylation is 2. The highest BCUT2D eigenvalue weighted by Gasteiger charge is 2.24. The minimum Gasteiger partial charge on any atom is -0.316 e. The molecule has 0 spiro atoms. The molecule has 1 aromatic carbocycles. The predicted molar refractivity (Wildman–Crippen MR) is 88.4 cm³/mol. The van der Waals surface area contributed by atoms with E-state index in [1.807, 2.05) is 0 Å². The maximum Gasteiger partial charge on any atom is -0.00147 e. The van der Waals surface area contributed by atoms with Crippen LogP contribution in [0.5, 0.6) is 0 Å². The normalized spacial score (nSPS) is 23.6. The largest absolute Gasteiger partial charge is 0.316 e. The Hall–Kier alpha value is -0.820. The van der Waals surface area contributed by atoms with Gasteiger partial charge in [-0.3, -0.25) is 0 Å². The highest BCUT2D eigenvalue weighted by atomic mass is 14.9. The first-order valence-electron chi connectivity index (χ1n) is 8.50. The summed E-state index contributed by atoms with van der Waals surface area (Å²) in [5.74, 6) is 1.59. The molecule has 1 aliphatic carbocycles. The SMILES string of the molecule is CCCNCC1CCCCCC1c1ccc(C)c(C)c1. The third-order valence-electron chi connectivity index (χ3n) is 4.95. The Labute approximate surface area is 125 Å². The molecule has 0 aromatic heterocycles. The Bertz CT molecular complexity index is 410. The molecule has 1 saturated carbocycles. The van der Waals surface area contributed by atoms with Crippen molar-refractivity contribution >= 4 is 0 Å². The van der Waals surface area contributed by atoms with E-state index >= 15 is 0 Å². The molecule has 112 valence electrons. The van der Waals surface area contributed by atoms with Crippen LogP contribution in [0, 0.1) is 19.8 Å². The van der Waals surface area contributed by atoms with E-state index in [1.165, 1.54) is 56.2 Å². The van der Waals surface area contributed by atoms with Crippen LogP contribution in [-0.2, 0) is 0 Å². The lowest BCUT2D eigenvalue weighted by Gasteiger charge is -2.26. The van der Waals surface area contributed by atoms with Gasteiger partial charge in [-0.2, -0.15) is 0 Å². The Morgan fingerprint density at radius 3 is 2.60 bits per heavy atom. The van der Waals surface area contributed by atoms with Gasteiger partial charge in [0.05, 0.1) is 0 Å². The van der Waals surface area contributed by atoms with Crippen LogP contribution in [0.25, 0.3) is 0 Å². The van der Waals surface area contributed by atoms with E-state index in [-0.39, 0.29) is 0 Å². The molecule has 20 heavy (non-hydrogen) atoms. The number of hydrogen-bond acceptors (Lipinski definition) is 1. The van der Waals surface area contributed by atoms with E-state index in [0.29, 0.717) is 0 Å². The van der Waals surface area contributed by atoms with Crippen molar-refractivity contribution in [2.75, 3.05) is 13.1 Å². The second kappa shape index (κ2) is 7.83. The van der Waals surface area contributed by atoms with Crippen LogP contribution in [0.15, 0.2) is 18.2 Å². The smallest absolute Gasteiger partial charge is 0.00147 e. The zero-order valence-electron chi connectivity index (χ0n) is 13.5. The van der Waals surface area contributed by atoms with Gasteiger partial charge in [-0.05, 0) is 74.7 Å². The number of rotatable bonds is 5. The van der Waals surface area contributed by atoms with Gasteiger partial charge in [-0.15, -0.1) is 0 Å². The van der Waals surface area contributed by atoms with Crippen molar-refractivity contribution in [3.8, 4) is 0 Å². The second-order valence-corrected chi connectivity index (χ2v) is 6.55. The van der Waals surface area contributed by atoms with Crippen molar-refractivity contribution in [2.24, 2.45) is 5.92 Å². The zero-order chi connectivity index (χ0) is 14.4. The zero-order valence-corrected chi connectivity index (χ0v) is 13.5.